The van der Waals surface area contributed by atoms with Gasteiger partial charge in [0.1, 0.15) is 5.75 Å². The number of carbonyl (C=O) groups is 1. The van der Waals surface area contributed by atoms with Gasteiger partial charge in [0.2, 0.25) is 0 Å². The molecule has 29 heavy (non-hydrogen) atoms. The molecule has 0 unspecified atom stereocenters. The van der Waals surface area contributed by atoms with Crippen molar-refractivity contribution in [2.75, 3.05) is 26.2 Å². The minimum absolute atomic E-state index is 0.0669. The second-order valence-corrected chi connectivity index (χ2v) is 8.21. The zero-order chi connectivity index (χ0) is 20.4. The number of nitrogens with one attached hydrogen (secondary N) is 1. The fourth-order valence-corrected chi connectivity index (χ4v) is 4.81. The molecule has 2 N–H and O–H groups in total. The Morgan fingerprint density at radius 3 is 2.41 bits per heavy atom. The minimum atomic E-state index is 0.0669. The number of phenolic OH excluding ortho intramolecular Hbond substituents is 1. The molecule has 2 aliphatic rings. The maximum Gasteiger partial charge on any atom is 0.253 e. The molecule has 2 aromatic rings. The molecule has 1 spiro atoms. The van der Waals surface area contributed by atoms with E-state index in [-0.39, 0.29) is 11.3 Å². The Morgan fingerprint density at radius 1 is 1.07 bits per heavy atom. The van der Waals surface area contributed by atoms with Crippen molar-refractivity contribution in [3.8, 4) is 5.75 Å². The lowest BCUT2D eigenvalue weighted by molar-refractivity contribution is 0.0773. The predicted octanol–water partition coefficient (Wildman–Crippen LogP) is 4.23. The lowest BCUT2D eigenvalue weighted by Gasteiger charge is -2.40. The summed E-state index contributed by atoms with van der Waals surface area (Å²) in [5.41, 5.74) is 5.15. The van der Waals surface area contributed by atoms with Crippen LogP contribution in [0, 0.1) is 5.41 Å². The Balaban J connectivity index is 1.74. The molecule has 0 aromatic heterocycles. The van der Waals surface area contributed by atoms with Gasteiger partial charge in [-0.1, -0.05) is 30.3 Å². The fourth-order valence-electron chi connectivity index (χ4n) is 4.81. The van der Waals surface area contributed by atoms with Crippen molar-refractivity contribution in [1.82, 2.24) is 10.2 Å². The van der Waals surface area contributed by atoms with E-state index >= 15 is 0 Å². The van der Waals surface area contributed by atoms with Crippen LogP contribution in [0.4, 0.5) is 0 Å². The summed E-state index contributed by atoms with van der Waals surface area (Å²) in [5, 5.41) is 14.1. The largest absolute Gasteiger partial charge is 0.507 e. The summed E-state index contributed by atoms with van der Waals surface area (Å²) >= 11 is 0. The van der Waals surface area contributed by atoms with E-state index in [1.54, 1.807) is 6.07 Å². The number of benzene rings is 2. The molecule has 0 saturated carbocycles. The molecule has 152 valence electrons. The highest BCUT2D eigenvalue weighted by molar-refractivity contribution is 5.95. The molecule has 4 heteroatoms. The number of amides is 1. The number of hydrogen-bond acceptors (Lipinski definition) is 3. The first-order valence-electron chi connectivity index (χ1n) is 10.7. The summed E-state index contributed by atoms with van der Waals surface area (Å²) in [6.07, 6.45) is 5.56. The third-order valence-electron chi connectivity index (χ3n) is 6.48. The molecular formula is C25H30N2O2. The number of phenols is 1. The van der Waals surface area contributed by atoms with Gasteiger partial charge in [0.05, 0.1) is 0 Å². The Kier molecular flexibility index (Phi) is 5.46. The smallest absolute Gasteiger partial charge is 0.253 e. The summed E-state index contributed by atoms with van der Waals surface area (Å²) in [6, 6.07) is 13.7. The van der Waals surface area contributed by atoms with E-state index in [2.05, 4.69) is 17.5 Å². The van der Waals surface area contributed by atoms with Crippen LogP contribution in [0.1, 0.15) is 53.7 Å². The topological polar surface area (TPSA) is 52.6 Å². The van der Waals surface area contributed by atoms with Gasteiger partial charge in [-0.25, -0.2) is 0 Å². The van der Waals surface area contributed by atoms with Gasteiger partial charge in [-0.2, -0.15) is 0 Å². The predicted molar refractivity (Wildman–Crippen MR) is 117 cm³/mol. The first kappa shape index (κ1) is 19.7. The Bertz CT molecular complexity index is 920. The highest BCUT2D eigenvalue weighted by Gasteiger charge is 2.36. The van der Waals surface area contributed by atoms with Gasteiger partial charge in [0.25, 0.3) is 5.91 Å². The molecule has 1 amide bonds. The molecule has 1 aliphatic carbocycles. The maximum absolute atomic E-state index is 12.7. The number of rotatable bonds is 4. The quantitative estimate of drug-likeness (QED) is 0.821. The third kappa shape index (κ3) is 3.69. The van der Waals surface area contributed by atoms with Crippen molar-refractivity contribution in [3.63, 3.8) is 0 Å². The van der Waals surface area contributed by atoms with Crippen LogP contribution in [0.25, 0.3) is 5.57 Å². The number of piperidine rings is 1. The summed E-state index contributed by atoms with van der Waals surface area (Å²) < 4.78 is 0. The van der Waals surface area contributed by atoms with Crippen molar-refractivity contribution < 1.29 is 9.90 Å². The number of carbonyl (C=O) groups excluding carboxylic acids is 1. The van der Waals surface area contributed by atoms with E-state index in [0.717, 1.165) is 49.1 Å². The van der Waals surface area contributed by atoms with Crippen LogP contribution < -0.4 is 5.32 Å². The lowest BCUT2D eigenvalue weighted by Crippen LogP contribution is -2.38. The van der Waals surface area contributed by atoms with Crippen LogP contribution in [0.15, 0.2) is 48.5 Å². The second-order valence-electron chi connectivity index (χ2n) is 8.21. The van der Waals surface area contributed by atoms with Crippen molar-refractivity contribution in [2.45, 2.75) is 33.1 Å². The molecule has 4 nitrogen and oxygen atoms in total. The van der Waals surface area contributed by atoms with Crippen molar-refractivity contribution in [3.05, 3.63) is 70.8 Å². The van der Waals surface area contributed by atoms with Gasteiger partial charge >= 0.3 is 0 Å². The third-order valence-corrected chi connectivity index (χ3v) is 6.48. The number of nitrogens with zero attached hydrogens (tertiary/aromatic N) is 1. The van der Waals surface area contributed by atoms with E-state index in [9.17, 15) is 9.90 Å². The first-order valence-corrected chi connectivity index (χ1v) is 10.7. The zero-order valence-electron chi connectivity index (χ0n) is 17.4. The van der Waals surface area contributed by atoms with E-state index in [0.29, 0.717) is 24.4 Å². The van der Waals surface area contributed by atoms with Crippen molar-refractivity contribution in [1.29, 1.82) is 0 Å². The summed E-state index contributed by atoms with van der Waals surface area (Å²) in [5.74, 6) is 0.401. The number of fused-ring (bicyclic) bond motifs is 1. The first-order chi connectivity index (χ1) is 14.1. The average Bonchev–Trinajstić information content (AvgIpc) is 2.74. The van der Waals surface area contributed by atoms with Crippen LogP contribution >= 0.6 is 0 Å². The van der Waals surface area contributed by atoms with E-state index in [4.69, 9.17) is 0 Å². The average molecular weight is 391 g/mol. The summed E-state index contributed by atoms with van der Waals surface area (Å²) in [4.78, 5) is 14.5. The Hall–Kier alpha value is -2.59. The normalized spacial score (nSPS) is 17.5. The second kappa shape index (κ2) is 8.03. The molecule has 1 saturated heterocycles. The van der Waals surface area contributed by atoms with Gasteiger partial charge in [0, 0.05) is 24.2 Å². The number of allylic oxidation sites excluding steroid dienone is 1. The van der Waals surface area contributed by atoms with Crippen molar-refractivity contribution >= 4 is 11.5 Å². The highest BCUT2D eigenvalue weighted by Crippen LogP contribution is 2.47. The molecule has 1 aliphatic heterocycles. The van der Waals surface area contributed by atoms with Gasteiger partial charge in [-0.15, -0.1) is 0 Å². The molecular weight excluding hydrogens is 360 g/mol. The Labute approximate surface area is 173 Å². The van der Waals surface area contributed by atoms with Crippen LogP contribution in [0.2, 0.25) is 0 Å². The fraction of sp³-hybridized carbons (Fsp3) is 0.400. The minimum Gasteiger partial charge on any atom is -0.507 e. The molecule has 0 bridgehead atoms. The standard InChI is InChI=1S/C25H30N2O2/c1-3-27(4-2)24(29)19-10-8-18(9-11-19)21-17-25(12-14-26-15-13-25)16-20-6-5-7-22(28)23(20)21/h5-11,17,26,28H,3-4,12-16H2,1-2H3. The Morgan fingerprint density at radius 2 is 1.76 bits per heavy atom. The SMILES string of the molecule is CCN(CC)C(=O)c1ccc(C2=CC3(CCNCC3)Cc3cccc(O)c32)cc1. The zero-order valence-corrected chi connectivity index (χ0v) is 17.4. The van der Waals surface area contributed by atoms with Crippen LogP contribution in [-0.4, -0.2) is 42.1 Å². The van der Waals surface area contributed by atoms with Crippen molar-refractivity contribution in [2.24, 2.45) is 5.41 Å². The molecule has 1 heterocycles. The number of aromatic hydroxyl groups is 1. The molecule has 0 radical (unpaired) electrons. The van der Waals surface area contributed by atoms with E-state index < -0.39 is 0 Å². The van der Waals surface area contributed by atoms with E-state index in [1.165, 1.54) is 5.56 Å². The molecule has 0 atom stereocenters. The van der Waals surface area contributed by atoms with Crippen LogP contribution in [0.5, 0.6) is 5.75 Å². The van der Waals surface area contributed by atoms with Gasteiger partial charge in [-0.3, -0.25) is 4.79 Å². The van der Waals surface area contributed by atoms with Gasteiger partial charge in [0.15, 0.2) is 0 Å². The highest BCUT2D eigenvalue weighted by atomic mass is 16.3. The molecule has 4 rings (SSSR count). The van der Waals surface area contributed by atoms with Gasteiger partial charge < -0.3 is 15.3 Å². The molecule has 2 aromatic carbocycles. The number of hydrogen-bond donors (Lipinski definition) is 2. The van der Waals surface area contributed by atoms with Crippen LogP contribution in [0.3, 0.4) is 0 Å². The van der Waals surface area contributed by atoms with Gasteiger partial charge in [-0.05, 0) is 86.5 Å². The lowest BCUT2D eigenvalue weighted by atomic mass is 9.67. The molecule has 1 fully saturated rings. The van der Waals surface area contributed by atoms with E-state index in [1.807, 2.05) is 49.1 Å². The maximum atomic E-state index is 12.7. The summed E-state index contributed by atoms with van der Waals surface area (Å²) in [6.45, 7) is 7.46. The van der Waals surface area contributed by atoms with Crippen LogP contribution in [-0.2, 0) is 6.42 Å². The summed E-state index contributed by atoms with van der Waals surface area (Å²) in [7, 11) is 0. The monoisotopic (exact) mass is 390 g/mol.